The van der Waals surface area contributed by atoms with E-state index < -0.39 is 12.7 Å². The molecule has 2 aromatic carbocycles. The van der Waals surface area contributed by atoms with E-state index in [1.165, 1.54) is 12.1 Å². The molecule has 1 saturated heterocycles. The van der Waals surface area contributed by atoms with Crippen molar-refractivity contribution in [3.05, 3.63) is 66.3 Å². The van der Waals surface area contributed by atoms with E-state index in [4.69, 9.17) is 10.3 Å². The maximum absolute atomic E-state index is 13.5. The molecule has 2 aromatic heterocycles. The minimum absolute atomic E-state index is 0.00178. The predicted molar refractivity (Wildman–Crippen MR) is 150 cm³/mol. The number of likely N-dealkylation sites (tertiary alicyclic amines) is 1. The fraction of sp³-hybridized carbons (Fsp3) is 0.414. The SMILES string of the molecule is CN1CCC(Nc2cccc3c2cc(-c2noc(CNC(=O)C4CC4)n2)n3CC(F)(F)F)C(N)C1.Fc1ccccc1. The van der Waals surface area contributed by atoms with Gasteiger partial charge in [0.2, 0.25) is 17.6 Å². The number of carbonyl (C=O) groups is 1. The fourth-order valence-electron chi connectivity index (χ4n) is 4.97. The Morgan fingerprint density at radius 1 is 1.12 bits per heavy atom. The fourth-order valence-corrected chi connectivity index (χ4v) is 4.97. The van der Waals surface area contributed by atoms with Crippen LogP contribution in [0.4, 0.5) is 23.2 Å². The highest BCUT2D eigenvalue weighted by molar-refractivity contribution is 5.96. The van der Waals surface area contributed by atoms with Crippen LogP contribution in [-0.2, 0) is 17.9 Å². The van der Waals surface area contributed by atoms with Crippen LogP contribution < -0.4 is 16.4 Å². The quantitative estimate of drug-likeness (QED) is 0.272. The zero-order chi connectivity index (χ0) is 29.9. The van der Waals surface area contributed by atoms with Crippen molar-refractivity contribution in [1.82, 2.24) is 24.9 Å². The molecule has 0 bridgehead atoms. The molecule has 1 saturated carbocycles. The van der Waals surface area contributed by atoms with Crippen LogP contribution in [0.15, 0.2) is 59.1 Å². The number of anilines is 1. The van der Waals surface area contributed by atoms with E-state index in [0.717, 1.165) is 36.9 Å². The second kappa shape index (κ2) is 12.5. The van der Waals surface area contributed by atoms with Crippen LogP contribution in [0.2, 0.25) is 0 Å². The standard InChI is InChI=1S/C23H28F3N7O2.C6H5F/c1-32-8-7-17(15(27)11-32)29-16-3-2-4-18-14(16)9-19(33(18)12-23(24,25)26)21-30-20(35-31-21)10-28-22(34)13-5-6-13;7-6-4-2-1-3-5-6/h2-4,9,13,15,17,29H,5-8,10-12,27H2,1H3,(H,28,34);1-5H. The van der Waals surface area contributed by atoms with Crippen LogP contribution in [0, 0.1) is 11.7 Å². The Bertz CT molecular complexity index is 1500. The number of rotatable bonds is 7. The average molecular weight is 588 g/mol. The first-order chi connectivity index (χ1) is 20.1. The van der Waals surface area contributed by atoms with Crippen LogP contribution in [0.25, 0.3) is 22.4 Å². The molecule has 1 aliphatic heterocycles. The van der Waals surface area contributed by atoms with Crippen LogP contribution in [0.3, 0.4) is 0 Å². The van der Waals surface area contributed by atoms with Gasteiger partial charge in [0.05, 0.1) is 17.8 Å². The molecule has 4 N–H and O–H groups in total. The van der Waals surface area contributed by atoms with Crippen molar-refractivity contribution in [2.24, 2.45) is 11.7 Å². The highest BCUT2D eigenvalue weighted by Gasteiger charge is 2.32. The monoisotopic (exact) mass is 587 g/mol. The van der Waals surface area contributed by atoms with Crippen LogP contribution in [0.1, 0.15) is 25.2 Å². The lowest BCUT2D eigenvalue weighted by molar-refractivity contribution is -0.139. The van der Waals surface area contributed by atoms with Gasteiger partial charge in [0, 0.05) is 35.6 Å². The van der Waals surface area contributed by atoms with Gasteiger partial charge in [-0.05, 0) is 63.2 Å². The summed E-state index contributed by atoms with van der Waals surface area (Å²) in [6, 6.07) is 14.7. The number of fused-ring (bicyclic) bond motifs is 1. The molecule has 1 aliphatic carbocycles. The summed E-state index contributed by atoms with van der Waals surface area (Å²) in [6.07, 6.45) is -1.91. The van der Waals surface area contributed by atoms with Crippen LogP contribution >= 0.6 is 0 Å². The number of nitrogens with zero attached hydrogens (tertiary/aromatic N) is 4. The second-order valence-corrected chi connectivity index (χ2v) is 10.7. The van der Waals surface area contributed by atoms with Crippen molar-refractivity contribution in [3.8, 4) is 11.5 Å². The Morgan fingerprint density at radius 2 is 1.88 bits per heavy atom. The van der Waals surface area contributed by atoms with Gasteiger partial charge in [0.15, 0.2) is 0 Å². The second-order valence-electron chi connectivity index (χ2n) is 10.7. The number of piperidine rings is 1. The Hall–Kier alpha value is -3.97. The van der Waals surface area contributed by atoms with Gasteiger partial charge in [-0.2, -0.15) is 18.2 Å². The molecule has 2 atom stereocenters. The van der Waals surface area contributed by atoms with E-state index in [9.17, 15) is 22.4 Å². The summed E-state index contributed by atoms with van der Waals surface area (Å²) in [6.45, 7) is 0.440. The van der Waals surface area contributed by atoms with E-state index in [1.807, 2.05) is 13.1 Å². The summed E-state index contributed by atoms with van der Waals surface area (Å²) in [5.41, 5.74) is 7.61. The molecule has 0 radical (unpaired) electrons. The maximum atomic E-state index is 13.5. The number of benzene rings is 2. The molecule has 9 nitrogen and oxygen atoms in total. The number of likely N-dealkylation sites (N-methyl/N-ethyl adjacent to an activating group) is 1. The number of hydrogen-bond donors (Lipinski definition) is 3. The van der Waals surface area contributed by atoms with Gasteiger partial charge >= 0.3 is 6.18 Å². The smallest absolute Gasteiger partial charge is 0.380 e. The molecule has 2 fully saturated rings. The van der Waals surface area contributed by atoms with Crippen molar-refractivity contribution in [3.63, 3.8) is 0 Å². The molecular weight excluding hydrogens is 554 g/mol. The maximum Gasteiger partial charge on any atom is 0.406 e. The molecule has 1 amide bonds. The number of alkyl halides is 3. The number of nitrogens with two attached hydrogens (primary N) is 1. The lowest BCUT2D eigenvalue weighted by Crippen LogP contribution is -2.53. The lowest BCUT2D eigenvalue weighted by atomic mass is 10.00. The van der Waals surface area contributed by atoms with Crippen LogP contribution in [-0.4, -0.2) is 63.9 Å². The minimum Gasteiger partial charge on any atom is -0.380 e. The summed E-state index contributed by atoms with van der Waals surface area (Å²) < 4.78 is 58.9. The Kier molecular flexibility index (Phi) is 8.78. The predicted octanol–water partition coefficient (Wildman–Crippen LogP) is 4.55. The van der Waals surface area contributed by atoms with E-state index in [0.29, 0.717) is 16.6 Å². The molecule has 42 heavy (non-hydrogen) atoms. The van der Waals surface area contributed by atoms with Crippen molar-refractivity contribution >= 4 is 22.5 Å². The molecule has 4 aromatic rings. The molecule has 2 unspecified atom stereocenters. The number of amides is 1. The number of carbonyl (C=O) groups excluding carboxylic acids is 1. The van der Waals surface area contributed by atoms with Gasteiger partial charge in [-0.25, -0.2) is 4.39 Å². The molecular formula is C29H33F4N7O2. The topological polar surface area (TPSA) is 114 Å². The third kappa shape index (κ3) is 7.45. The van der Waals surface area contributed by atoms with E-state index in [1.54, 1.807) is 36.4 Å². The van der Waals surface area contributed by atoms with Gasteiger partial charge in [-0.3, -0.25) is 4.79 Å². The van der Waals surface area contributed by atoms with Crippen molar-refractivity contribution < 1.29 is 26.9 Å². The van der Waals surface area contributed by atoms with Gasteiger partial charge in [-0.15, -0.1) is 0 Å². The highest BCUT2D eigenvalue weighted by atomic mass is 19.4. The lowest BCUT2D eigenvalue weighted by Gasteiger charge is -2.35. The first kappa shape index (κ1) is 29.5. The molecule has 224 valence electrons. The van der Waals surface area contributed by atoms with Gasteiger partial charge in [0.25, 0.3) is 0 Å². The zero-order valence-electron chi connectivity index (χ0n) is 23.1. The third-order valence-corrected chi connectivity index (χ3v) is 7.28. The highest BCUT2D eigenvalue weighted by Crippen LogP contribution is 2.35. The van der Waals surface area contributed by atoms with E-state index in [2.05, 4.69) is 25.7 Å². The summed E-state index contributed by atoms with van der Waals surface area (Å²) in [7, 11) is 2.01. The molecule has 3 heterocycles. The largest absolute Gasteiger partial charge is 0.406 e. The summed E-state index contributed by atoms with van der Waals surface area (Å²) in [5.74, 6) is -0.0758. The van der Waals surface area contributed by atoms with E-state index >= 15 is 0 Å². The zero-order valence-corrected chi connectivity index (χ0v) is 23.1. The number of halogens is 4. The first-order valence-corrected chi connectivity index (χ1v) is 13.8. The molecule has 6 rings (SSSR count). The van der Waals surface area contributed by atoms with E-state index in [-0.39, 0.29) is 53.7 Å². The van der Waals surface area contributed by atoms with Gasteiger partial charge < -0.3 is 30.4 Å². The molecule has 13 heteroatoms. The number of nitrogens with one attached hydrogen (secondary N) is 2. The first-order valence-electron chi connectivity index (χ1n) is 13.8. The summed E-state index contributed by atoms with van der Waals surface area (Å²) in [4.78, 5) is 18.3. The Labute approximate surface area is 240 Å². The Balaban J connectivity index is 0.000000442. The minimum atomic E-state index is -4.45. The number of hydrogen-bond acceptors (Lipinski definition) is 7. The third-order valence-electron chi connectivity index (χ3n) is 7.28. The van der Waals surface area contributed by atoms with Crippen molar-refractivity contribution in [2.45, 2.75) is 50.6 Å². The molecule has 2 aliphatic rings. The van der Waals surface area contributed by atoms with Gasteiger partial charge in [0.1, 0.15) is 12.4 Å². The van der Waals surface area contributed by atoms with Crippen LogP contribution in [0.5, 0.6) is 0 Å². The van der Waals surface area contributed by atoms with Crippen molar-refractivity contribution in [2.75, 3.05) is 25.5 Å². The van der Waals surface area contributed by atoms with Gasteiger partial charge in [-0.1, -0.05) is 29.4 Å². The summed E-state index contributed by atoms with van der Waals surface area (Å²) in [5, 5.41) is 10.7. The van der Waals surface area contributed by atoms with Crippen molar-refractivity contribution in [1.29, 1.82) is 0 Å². The molecule has 0 spiro atoms. The average Bonchev–Trinajstić information content (AvgIpc) is 3.59. The Morgan fingerprint density at radius 3 is 2.52 bits per heavy atom. The normalized spacial score (nSPS) is 19.3. The number of aromatic nitrogens is 3. The summed E-state index contributed by atoms with van der Waals surface area (Å²) >= 11 is 0.